The number of nitriles is 2. The number of aryl methyl sites for hydroxylation is 2. The van der Waals surface area contributed by atoms with Crippen LogP contribution in [0.5, 0.6) is 0 Å². The van der Waals surface area contributed by atoms with Gasteiger partial charge in [-0.3, -0.25) is 0 Å². The number of rotatable bonds is 6. The van der Waals surface area contributed by atoms with Crippen LogP contribution in [0.25, 0.3) is 43.9 Å². The van der Waals surface area contributed by atoms with Crippen LogP contribution >= 0.6 is 22.7 Å². The zero-order chi connectivity index (χ0) is 27.6. The third kappa shape index (κ3) is 4.80. The second-order valence-electron chi connectivity index (χ2n) is 9.16. The highest BCUT2D eigenvalue weighted by Gasteiger charge is 2.26. The van der Waals surface area contributed by atoms with Gasteiger partial charge in [0.05, 0.1) is 29.8 Å². The van der Waals surface area contributed by atoms with Crippen LogP contribution in [-0.2, 0) is 6.54 Å². The Labute approximate surface area is 239 Å². The molecule has 0 amide bonds. The molecule has 0 fully saturated rings. The number of thiazole rings is 2. The van der Waals surface area contributed by atoms with Crippen LogP contribution in [0.15, 0.2) is 78.9 Å². The zero-order valence-corrected chi connectivity index (χ0v) is 23.3. The average molecular weight is 556 g/mol. The minimum absolute atomic E-state index is 0.540. The van der Waals surface area contributed by atoms with Crippen LogP contribution in [0, 0.1) is 36.5 Å². The lowest BCUT2D eigenvalue weighted by molar-refractivity contribution is 0.654. The Morgan fingerprint density at radius 1 is 0.675 bits per heavy atom. The maximum atomic E-state index is 9.19. The lowest BCUT2D eigenvalue weighted by Gasteiger charge is -2.07. The van der Waals surface area contributed by atoms with Gasteiger partial charge in [0.15, 0.2) is 0 Å². The first kappa shape index (κ1) is 25.3. The van der Waals surface area contributed by atoms with Gasteiger partial charge in [0, 0.05) is 20.9 Å². The van der Waals surface area contributed by atoms with Crippen molar-refractivity contribution < 1.29 is 0 Å². The van der Waals surface area contributed by atoms with Crippen LogP contribution < -0.4 is 0 Å². The van der Waals surface area contributed by atoms with Gasteiger partial charge in [-0.05, 0) is 43.7 Å². The first-order chi connectivity index (χ1) is 19.5. The van der Waals surface area contributed by atoms with Crippen LogP contribution in [0.3, 0.4) is 0 Å². The Kier molecular flexibility index (Phi) is 6.75. The van der Waals surface area contributed by atoms with Crippen molar-refractivity contribution in [1.82, 2.24) is 25.0 Å². The third-order valence-corrected chi connectivity index (χ3v) is 8.51. The number of hydrogen-bond donors (Lipinski definition) is 0. The molecule has 0 unspecified atom stereocenters. The Balaban J connectivity index is 1.48. The summed E-state index contributed by atoms with van der Waals surface area (Å²) in [7, 11) is 0. The van der Waals surface area contributed by atoms with E-state index < -0.39 is 0 Å². The summed E-state index contributed by atoms with van der Waals surface area (Å²) in [5.41, 5.74) is 7.32. The monoisotopic (exact) mass is 555 g/mol. The summed E-state index contributed by atoms with van der Waals surface area (Å²) in [6.07, 6.45) is 0. The van der Waals surface area contributed by atoms with Gasteiger partial charge < -0.3 is 0 Å². The smallest absolute Gasteiger partial charge is 0.142 e. The summed E-state index contributed by atoms with van der Waals surface area (Å²) in [5, 5.41) is 29.3. The van der Waals surface area contributed by atoms with Crippen LogP contribution in [0.4, 0.5) is 0 Å². The van der Waals surface area contributed by atoms with Crippen molar-refractivity contribution in [3.05, 3.63) is 105 Å². The van der Waals surface area contributed by atoms with Crippen LogP contribution in [-0.4, -0.2) is 25.0 Å². The molecule has 0 saturated heterocycles. The van der Waals surface area contributed by atoms with Crippen molar-refractivity contribution in [3.8, 4) is 56.1 Å². The first-order valence-corrected chi connectivity index (χ1v) is 14.1. The topological polar surface area (TPSA) is 104 Å². The minimum atomic E-state index is 0.540. The van der Waals surface area contributed by atoms with E-state index in [9.17, 15) is 5.26 Å². The maximum absolute atomic E-state index is 9.19. The highest BCUT2D eigenvalue weighted by atomic mass is 32.1. The van der Waals surface area contributed by atoms with E-state index in [0.29, 0.717) is 23.4 Å². The summed E-state index contributed by atoms with van der Waals surface area (Å²) in [6.45, 7) is 4.63. The van der Waals surface area contributed by atoms with E-state index in [1.54, 1.807) is 34.8 Å². The van der Waals surface area contributed by atoms with Crippen molar-refractivity contribution in [2.24, 2.45) is 0 Å². The predicted octanol–water partition coefficient (Wildman–Crippen LogP) is 7.27. The predicted molar refractivity (Wildman–Crippen MR) is 158 cm³/mol. The van der Waals surface area contributed by atoms with E-state index in [-0.39, 0.29) is 0 Å². The van der Waals surface area contributed by atoms with E-state index in [1.807, 2.05) is 66.2 Å². The number of hydrogen-bond acceptors (Lipinski definition) is 8. The Hall–Kier alpha value is -4.96. The lowest BCUT2D eigenvalue weighted by atomic mass is 10.1. The van der Waals surface area contributed by atoms with Crippen LogP contribution in [0.1, 0.15) is 26.4 Å². The molecule has 6 rings (SSSR count). The summed E-state index contributed by atoms with van der Waals surface area (Å²) < 4.78 is 1.90. The van der Waals surface area contributed by atoms with Crippen LogP contribution in [0.2, 0.25) is 0 Å². The molecule has 0 radical (unpaired) electrons. The highest BCUT2D eigenvalue weighted by Crippen LogP contribution is 2.40. The Bertz CT molecular complexity index is 1900. The molecular weight excluding hydrogens is 535 g/mol. The summed E-state index contributed by atoms with van der Waals surface area (Å²) >= 11 is 3.19. The van der Waals surface area contributed by atoms with Gasteiger partial charge >= 0.3 is 0 Å². The second-order valence-corrected chi connectivity index (χ2v) is 11.6. The SMILES string of the molecule is Cc1sc(-c2ccc(C#N)cc2)nc1-c1nnn(Cc2ccccc2)c1-c1nc(-c2ccc(C#N)cc2)sc1C. The molecule has 192 valence electrons. The quantitative estimate of drug-likeness (QED) is 0.214. The normalized spacial score (nSPS) is 10.8. The van der Waals surface area contributed by atoms with Gasteiger partial charge in [-0.15, -0.1) is 27.8 Å². The molecule has 0 aliphatic carbocycles. The van der Waals surface area contributed by atoms with E-state index in [2.05, 4.69) is 41.5 Å². The molecule has 0 N–H and O–H groups in total. The van der Waals surface area contributed by atoms with Gasteiger partial charge in [-0.25, -0.2) is 14.6 Å². The fourth-order valence-electron chi connectivity index (χ4n) is 4.43. The molecule has 3 heterocycles. The largest absolute Gasteiger partial charge is 0.238 e. The Morgan fingerprint density at radius 3 is 1.75 bits per heavy atom. The van der Waals surface area contributed by atoms with E-state index in [0.717, 1.165) is 53.5 Å². The first-order valence-electron chi connectivity index (χ1n) is 12.5. The molecule has 3 aromatic heterocycles. The molecule has 0 bridgehead atoms. The van der Waals surface area contributed by atoms with E-state index in [1.165, 1.54) is 0 Å². The van der Waals surface area contributed by atoms with Crippen molar-refractivity contribution in [1.29, 1.82) is 10.5 Å². The molecule has 40 heavy (non-hydrogen) atoms. The fourth-order valence-corrected chi connectivity index (χ4v) is 6.27. The molecule has 3 aromatic carbocycles. The number of nitrogens with zero attached hydrogens (tertiary/aromatic N) is 7. The van der Waals surface area contributed by atoms with Gasteiger partial charge in [0.1, 0.15) is 32.8 Å². The zero-order valence-electron chi connectivity index (χ0n) is 21.7. The maximum Gasteiger partial charge on any atom is 0.142 e. The average Bonchev–Trinajstić information content (AvgIpc) is 3.69. The summed E-state index contributed by atoms with van der Waals surface area (Å²) in [6, 6.07) is 29.4. The molecule has 0 atom stereocenters. The van der Waals surface area contributed by atoms with Crippen molar-refractivity contribution in [2.45, 2.75) is 20.4 Å². The lowest BCUT2D eigenvalue weighted by Crippen LogP contribution is -2.05. The molecule has 6 aromatic rings. The molecule has 0 aliphatic rings. The number of aromatic nitrogens is 5. The standard InChI is InChI=1S/C31H21N7S2/c1-19-26(34-30(39-19)24-12-8-21(16-32)9-13-24)28-29(38(37-36-28)18-23-6-4-3-5-7-23)27-20(2)40-31(35-27)25-14-10-22(17-33)11-15-25/h3-15H,18H2,1-2H3. The highest BCUT2D eigenvalue weighted by molar-refractivity contribution is 7.15. The van der Waals surface area contributed by atoms with Gasteiger partial charge in [-0.1, -0.05) is 59.8 Å². The fraction of sp³-hybridized carbons (Fsp3) is 0.0968. The molecule has 0 saturated carbocycles. The second kappa shape index (κ2) is 10.7. The third-order valence-electron chi connectivity index (χ3n) is 6.47. The molecular formula is C31H21N7S2. The van der Waals surface area contributed by atoms with E-state index >= 15 is 0 Å². The summed E-state index contributed by atoms with van der Waals surface area (Å²) in [5.74, 6) is 0. The van der Waals surface area contributed by atoms with E-state index in [4.69, 9.17) is 15.2 Å². The summed E-state index contributed by atoms with van der Waals surface area (Å²) in [4.78, 5) is 12.1. The van der Waals surface area contributed by atoms with Crippen molar-refractivity contribution in [2.75, 3.05) is 0 Å². The molecule has 0 spiro atoms. The molecule has 0 aliphatic heterocycles. The van der Waals surface area contributed by atoms with Gasteiger partial charge in [0.2, 0.25) is 0 Å². The molecule has 9 heteroatoms. The van der Waals surface area contributed by atoms with Gasteiger partial charge in [-0.2, -0.15) is 10.5 Å². The minimum Gasteiger partial charge on any atom is -0.238 e. The number of benzene rings is 3. The Morgan fingerprint density at radius 2 is 1.20 bits per heavy atom. The van der Waals surface area contributed by atoms with Crippen molar-refractivity contribution >= 4 is 22.7 Å². The van der Waals surface area contributed by atoms with Crippen molar-refractivity contribution in [3.63, 3.8) is 0 Å². The van der Waals surface area contributed by atoms with Gasteiger partial charge in [0.25, 0.3) is 0 Å². The molecule has 7 nitrogen and oxygen atoms in total.